The van der Waals surface area contributed by atoms with Crippen LogP contribution in [0.2, 0.25) is 0 Å². The van der Waals surface area contributed by atoms with Gasteiger partial charge in [-0.3, -0.25) is 14.4 Å². The molecule has 224 valence electrons. The van der Waals surface area contributed by atoms with Crippen LogP contribution in [-0.2, 0) is 16.6 Å². The lowest BCUT2D eigenvalue weighted by Crippen LogP contribution is -2.39. The van der Waals surface area contributed by atoms with E-state index in [1.54, 1.807) is 36.4 Å². The molecule has 3 N–H and O–H groups in total. The van der Waals surface area contributed by atoms with Crippen molar-refractivity contribution in [3.63, 3.8) is 0 Å². The molecule has 1 aliphatic heterocycles. The lowest BCUT2D eigenvalue weighted by molar-refractivity contribution is 0.102. The Morgan fingerprint density at radius 2 is 1.49 bits per heavy atom. The maximum absolute atomic E-state index is 13.3. The van der Waals surface area contributed by atoms with E-state index in [-0.39, 0.29) is 17.8 Å². The van der Waals surface area contributed by atoms with Crippen LogP contribution in [0.1, 0.15) is 34.3 Å². The number of piperidine rings is 1. The highest BCUT2D eigenvalue weighted by atomic mass is 32.2. The number of carbonyl (C=O) groups excluding carboxylic acids is 1. The molecule has 0 radical (unpaired) electrons. The largest absolute Gasteiger partial charge is 0.457 e. The summed E-state index contributed by atoms with van der Waals surface area (Å²) in [5.41, 5.74) is 4.48. The van der Waals surface area contributed by atoms with Crippen molar-refractivity contribution in [3.05, 3.63) is 114 Å². The standard InChI is InChI=1S/C33H35FN4O4S/c1-23-4-3-5-31(32(23)33(39)36-26-10-8-25(34)9-11-26)35-27-18-20-38(21-19-27)22-24-6-14-29(15-7-24)42-30-16-12-28(13-17-30)37-43(2,40)41/h3-17,27,35,37H,18-22H2,1-2H3,(H,36,39). The zero-order valence-electron chi connectivity index (χ0n) is 24.1. The van der Waals surface area contributed by atoms with E-state index in [0.717, 1.165) is 50.0 Å². The van der Waals surface area contributed by atoms with Crippen molar-refractivity contribution in [1.29, 1.82) is 0 Å². The molecule has 1 amide bonds. The summed E-state index contributed by atoms with van der Waals surface area (Å²) in [6.45, 7) is 4.59. The summed E-state index contributed by atoms with van der Waals surface area (Å²) in [6, 6.07) is 26.5. The first kappa shape index (κ1) is 30.1. The highest BCUT2D eigenvalue weighted by Gasteiger charge is 2.22. The molecule has 1 saturated heterocycles. The van der Waals surface area contributed by atoms with Crippen molar-refractivity contribution in [2.45, 2.75) is 32.4 Å². The second-order valence-electron chi connectivity index (χ2n) is 10.8. The summed E-state index contributed by atoms with van der Waals surface area (Å²) >= 11 is 0. The first-order chi connectivity index (χ1) is 20.6. The average Bonchev–Trinajstić information content (AvgIpc) is 2.97. The molecule has 0 aromatic heterocycles. The molecule has 1 aliphatic rings. The molecule has 10 heteroatoms. The van der Waals surface area contributed by atoms with Crippen LogP contribution in [0, 0.1) is 12.7 Å². The van der Waals surface area contributed by atoms with Gasteiger partial charge in [0, 0.05) is 42.7 Å². The van der Waals surface area contributed by atoms with Crippen LogP contribution < -0.4 is 20.1 Å². The Balaban J connectivity index is 1.12. The fraction of sp³-hybridized carbons (Fsp3) is 0.242. The minimum Gasteiger partial charge on any atom is -0.457 e. The number of nitrogens with zero attached hydrogens (tertiary/aromatic N) is 1. The zero-order valence-corrected chi connectivity index (χ0v) is 25.0. The van der Waals surface area contributed by atoms with Gasteiger partial charge in [-0.1, -0.05) is 24.3 Å². The number of ether oxygens (including phenoxy) is 1. The maximum Gasteiger partial charge on any atom is 0.258 e. The van der Waals surface area contributed by atoms with Gasteiger partial charge in [-0.25, -0.2) is 12.8 Å². The molecular formula is C33H35FN4O4S. The minimum atomic E-state index is -3.32. The van der Waals surface area contributed by atoms with Crippen LogP contribution in [0.3, 0.4) is 0 Å². The molecule has 5 rings (SSSR count). The highest BCUT2D eigenvalue weighted by Crippen LogP contribution is 2.27. The van der Waals surface area contributed by atoms with Crippen molar-refractivity contribution in [1.82, 2.24) is 4.90 Å². The molecule has 8 nitrogen and oxygen atoms in total. The number of amides is 1. The monoisotopic (exact) mass is 602 g/mol. The molecule has 0 spiro atoms. The number of anilines is 3. The Kier molecular flexibility index (Phi) is 9.27. The fourth-order valence-corrected chi connectivity index (χ4v) is 5.70. The summed E-state index contributed by atoms with van der Waals surface area (Å²) in [5.74, 6) is 0.747. The van der Waals surface area contributed by atoms with E-state index in [1.165, 1.54) is 17.7 Å². The predicted octanol–water partition coefficient (Wildman–Crippen LogP) is 6.63. The van der Waals surface area contributed by atoms with Gasteiger partial charge in [0.2, 0.25) is 10.0 Å². The van der Waals surface area contributed by atoms with Crippen LogP contribution in [0.15, 0.2) is 91.0 Å². The minimum absolute atomic E-state index is 0.224. The number of halogens is 1. The number of benzene rings is 4. The van der Waals surface area contributed by atoms with E-state index in [4.69, 9.17) is 4.74 Å². The van der Waals surface area contributed by atoms with Gasteiger partial charge in [-0.05, 0) is 97.6 Å². The molecule has 1 heterocycles. The maximum atomic E-state index is 13.3. The highest BCUT2D eigenvalue weighted by molar-refractivity contribution is 7.92. The third-order valence-corrected chi connectivity index (χ3v) is 7.88. The fourth-order valence-electron chi connectivity index (χ4n) is 5.13. The first-order valence-corrected chi connectivity index (χ1v) is 16.0. The summed E-state index contributed by atoms with van der Waals surface area (Å²) in [5, 5.41) is 6.48. The van der Waals surface area contributed by atoms with Crippen LogP contribution in [0.5, 0.6) is 11.5 Å². The van der Waals surface area contributed by atoms with Gasteiger partial charge in [0.25, 0.3) is 5.91 Å². The van der Waals surface area contributed by atoms with Gasteiger partial charge in [-0.2, -0.15) is 0 Å². The zero-order chi connectivity index (χ0) is 30.4. The van der Waals surface area contributed by atoms with Gasteiger partial charge < -0.3 is 15.4 Å². The van der Waals surface area contributed by atoms with Crippen LogP contribution >= 0.6 is 0 Å². The molecule has 43 heavy (non-hydrogen) atoms. The molecule has 0 aliphatic carbocycles. The van der Waals surface area contributed by atoms with Crippen molar-refractivity contribution >= 4 is 33.0 Å². The van der Waals surface area contributed by atoms with E-state index < -0.39 is 10.0 Å². The van der Waals surface area contributed by atoms with E-state index in [2.05, 4.69) is 32.4 Å². The second-order valence-corrected chi connectivity index (χ2v) is 12.5. The molecular weight excluding hydrogens is 567 g/mol. The number of aryl methyl sites for hydroxylation is 1. The molecule has 0 atom stereocenters. The third-order valence-electron chi connectivity index (χ3n) is 7.27. The molecule has 4 aromatic carbocycles. The van der Waals surface area contributed by atoms with Crippen LogP contribution in [0.25, 0.3) is 0 Å². The van der Waals surface area contributed by atoms with Crippen molar-refractivity contribution in [2.24, 2.45) is 0 Å². The Morgan fingerprint density at radius 1 is 0.884 bits per heavy atom. The Bertz CT molecular complexity index is 1650. The number of likely N-dealkylation sites (tertiary alicyclic amines) is 1. The Labute approximate surface area is 251 Å². The lowest BCUT2D eigenvalue weighted by Gasteiger charge is -2.33. The Morgan fingerprint density at radius 3 is 2.12 bits per heavy atom. The number of carbonyl (C=O) groups is 1. The number of sulfonamides is 1. The number of rotatable bonds is 10. The predicted molar refractivity (Wildman–Crippen MR) is 169 cm³/mol. The number of nitrogens with one attached hydrogen (secondary N) is 3. The van der Waals surface area contributed by atoms with E-state index >= 15 is 0 Å². The first-order valence-electron chi connectivity index (χ1n) is 14.1. The third kappa shape index (κ3) is 8.56. The Hall–Kier alpha value is -4.41. The molecule has 4 aromatic rings. The van der Waals surface area contributed by atoms with Gasteiger partial charge in [0.05, 0.1) is 11.8 Å². The van der Waals surface area contributed by atoms with Crippen LogP contribution in [-0.4, -0.2) is 44.6 Å². The van der Waals surface area contributed by atoms with Gasteiger partial charge in [0.15, 0.2) is 0 Å². The second kappa shape index (κ2) is 13.3. The molecule has 0 bridgehead atoms. The van der Waals surface area contributed by atoms with Crippen LogP contribution in [0.4, 0.5) is 21.5 Å². The van der Waals surface area contributed by atoms with Gasteiger partial charge in [0.1, 0.15) is 17.3 Å². The quantitative estimate of drug-likeness (QED) is 0.189. The summed E-state index contributed by atoms with van der Waals surface area (Å²) in [4.78, 5) is 15.6. The lowest BCUT2D eigenvalue weighted by atomic mass is 10.0. The summed E-state index contributed by atoms with van der Waals surface area (Å²) in [6.07, 6.45) is 3.00. The average molecular weight is 603 g/mol. The normalized spacial score (nSPS) is 14.2. The SMILES string of the molecule is Cc1cccc(NC2CCN(Cc3ccc(Oc4ccc(NS(C)(=O)=O)cc4)cc3)CC2)c1C(=O)Nc1ccc(F)cc1. The van der Waals surface area contributed by atoms with E-state index in [1.807, 2.05) is 37.3 Å². The number of hydrogen-bond donors (Lipinski definition) is 3. The molecule has 1 fully saturated rings. The summed E-state index contributed by atoms with van der Waals surface area (Å²) < 4.78 is 44.4. The molecule has 0 unspecified atom stereocenters. The smallest absolute Gasteiger partial charge is 0.258 e. The van der Waals surface area contributed by atoms with Crippen molar-refractivity contribution in [3.8, 4) is 11.5 Å². The van der Waals surface area contributed by atoms with E-state index in [0.29, 0.717) is 28.4 Å². The van der Waals surface area contributed by atoms with Gasteiger partial charge in [-0.15, -0.1) is 0 Å². The van der Waals surface area contributed by atoms with Crippen molar-refractivity contribution in [2.75, 3.05) is 34.7 Å². The topological polar surface area (TPSA) is 99.8 Å². The number of hydrogen-bond acceptors (Lipinski definition) is 6. The molecule has 0 saturated carbocycles. The summed E-state index contributed by atoms with van der Waals surface area (Å²) in [7, 11) is -3.32. The van der Waals surface area contributed by atoms with Gasteiger partial charge >= 0.3 is 0 Å². The van der Waals surface area contributed by atoms with Crippen molar-refractivity contribution < 1.29 is 22.3 Å². The van der Waals surface area contributed by atoms with E-state index in [9.17, 15) is 17.6 Å².